The van der Waals surface area contributed by atoms with Crippen LogP contribution in [0.2, 0.25) is 0 Å². The molecule has 0 radical (unpaired) electrons. The molecule has 1 nitrogen and oxygen atoms in total. The highest BCUT2D eigenvalue weighted by Gasteiger charge is 2.14. The Morgan fingerprint density at radius 1 is 0.810 bits per heavy atom. The fraction of sp³-hybridized carbons (Fsp3) is 0.0526. The molecule has 1 N–H and O–H groups in total. The van der Waals surface area contributed by atoms with Gasteiger partial charge in [0.2, 0.25) is 0 Å². The third kappa shape index (κ3) is 1.40. The maximum absolute atomic E-state index is 3.56. The molecular weight excluding hydrogens is 274 g/mol. The fourth-order valence-electron chi connectivity index (χ4n) is 3.42. The van der Waals surface area contributed by atoms with E-state index in [-0.39, 0.29) is 0 Å². The zero-order valence-electron chi connectivity index (χ0n) is 11.6. The molecule has 21 heavy (non-hydrogen) atoms. The zero-order chi connectivity index (χ0) is 14.0. The molecule has 0 saturated heterocycles. The number of hydrogen-bond acceptors (Lipinski definition) is 1. The molecule has 0 atom stereocenters. The molecule has 0 unspecified atom stereocenters. The van der Waals surface area contributed by atoms with Gasteiger partial charge in [-0.25, -0.2) is 0 Å². The fourth-order valence-corrected chi connectivity index (χ4v) is 4.76. The minimum Gasteiger partial charge on any atom is -0.354 e. The van der Waals surface area contributed by atoms with E-state index in [0.29, 0.717) is 0 Å². The van der Waals surface area contributed by atoms with Crippen molar-refractivity contribution in [2.45, 2.75) is 6.92 Å². The third-order valence-electron chi connectivity index (χ3n) is 4.31. The lowest BCUT2D eigenvalue weighted by Gasteiger charge is -2.00. The number of aromatic amines is 1. The van der Waals surface area contributed by atoms with Gasteiger partial charge in [0.25, 0.3) is 0 Å². The van der Waals surface area contributed by atoms with E-state index in [1.807, 2.05) is 11.3 Å². The zero-order valence-corrected chi connectivity index (χ0v) is 12.4. The lowest BCUT2D eigenvalue weighted by atomic mass is 10.0. The Hall–Kier alpha value is -2.32. The van der Waals surface area contributed by atoms with Crippen LogP contribution in [0.3, 0.4) is 0 Å². The molecule has 0 amide bonds. The van der Waals surface area contributed by atoms with E-state index in [1.165, 1.54) is 47.5 Å². The van der Waals surface area contributed by atoms with Gasteiger partial charge in [-0.05, 0) is 30.7 Å². The molecule has 0 aliphatic carbocycles. The van der Waals surface area contributed by atoms with Crippen LogP contribution in [-0.4, -0.2) is 4.98 Å². The molecule has 2 heteroatoms. The first-order valence-electron chi connectivity index (χ1n) is 7.14. The molecule has 100 valence electrons. The summed E-state index contributed by atoms with van der Waals surface area (Å²) in [6.45, 7) is 2.21. The Kier molecular flexibility index (Phi) is 2.09. The second-order valence-electron chi connectivity index (χ2n) is 5.59. The molecular formula is C19H13NS. The molecule has 0 saturated carbocycles. The summed E-state index contributed by atoms with van der Waals surface area (Å²) in [5.74, 6) is 0. The van der Waals surface area contributed by atoms with Crippen LogP contribution < -0.4 is 0 Å². The van der Waals surface area contributed by atoms with Crippen LogP contribution in [-0.2, 0) is 0 Å². The van der Waals surface area contributed by atoms with Gasteiger partial charge in [0.1, 0.15) is 0 Å². The first-order valence-corrected chi connectivity index (χ1v) is 7.96. The van der Waals surface area contributed by atoms with Crippen molar-refractivity contribution < 1.29 is 0 Å². The van der Waals surface area contributed by atoms with Gasteiger partial charge in [0, 0.05) is 42.0 Å². The highest BCUT2D eigenvalue weighted by molar-refractivity contribution is 7.26. The first kappa shape index (κ1) is 11.4. The minimum absolute atomic E-state index is 1.22. The molecule has 2 aromatic heterocycles. The van der Waals surface area contributed by atoms with Crippen molar-refractivity contribution in [2.24, 2.45) is 0 Å². The maximum atomic E-state index is 3.56. The summed E-state index contributed by atoms with van der Waals surface area (Å²) in [5.41, 5.74) is 3.81. The van der Waals surface area contributed by atoms with E-state index in [4.69, 9.17) is 0 Å². The van der Waals surface area contributed by atoms with Crippen molar-refractivity contribution in [1.82, 2.24) is 4.98 Å². The summed E-state index contributed by atoms with van der Waals surface area (Å²) in [6, 6.07) is 19.6. The summed E-state index contributed by atoms with van der Waals surface area (Å²) in [7, 11) is 0. The van der Waals surface area contributed by atoms with Crippen molar-refractivity contribution in [3.8, 4) is 0 Å². The highest BCUT2D eigenvalue weighted by atomic mass is 32.1. The van der Waals surface area contributed by atoms with E-state index in [1.54, 1.807) is 0 Å². The second kappa shape index (κ2) is 3.86. The SMILES string of the molecule is Cc1cc2[nH]c3ccccc3c2c2sc3ccccc3c12. The predicted molar refractivity (Wildman–Crippen MR) is 93.4 cm³/mol. The molecule has 0 aliphatic heterocycles. The second-order valence-corrected chi connectivity index (χ2v) is 6.64. The van der Waals surface area contributed by atoms with E-state index in [9.17, 15) is 0 Å². The molecule has 0 bridgehead atoms. The smallest absolute Gasteiger partial charge is 0.0482 e. The normalized spacial score (nSPS) is 12.0. The summed E-state index contributed by atoms with van der Waals surface area (Å²) in [6.07, 6.45) is 0. The van der Waals surface area contributed by atoms with Gasteiger partial charge in [-0.15, -0.1) is 11.3 Å². The number of benzene rings is 3. The van der Waals surface area contributed by atoms with Gasteiger partial charge >= 0.3 is 0 Å². The quantitative estimate of drug-likeness (QED) is 0.359. The molecule has 2 heterocycles. The number of hydrogen-bond donors (Lipinski definition) is 1. The van der Waals surface area contributed by atoms with Gasteiger partial charge in [-0.3, -0.25) is 0 Å². The van der Waals surface area contributed by atoms with Crippen molar-refractivity contribution in [1.29, 1.82) is 0 Å². The summed E-state index contributed by atoms with van der Waals surface area (Å²) < 4.78 is 2.78. The molecule has 5 rings (SSSR count). The molecule has 5 aromatic rings. The minimum atomic E-state index is 1.22. The number of fused-ring (bicyclic) bond motifs is 7. The summed E-state index contributed by atoms with van der Waals surface area (Å²) in [4.78, 5) is 3.56. The van der Waals surface area contributed by atoms with E-state index in [0.717, 1.165) is 0 Å². The van der Waals surface area contributed by atoms with Gasteiger partial charge in [0.15, 0.2) is 0 Å². The lowest BCUT2D eigenvalue weighted by molar-refractivity contribution is 1.51. The Morgan fingerprint density at radius 3 is 2.48 bits per heavy atom. The van der Waals surface area contributed by atoms with Crippen molar-refractivity contribution in [2.75, 3.05) is 0 Å². The Bertz CT molecular complexity index is 1140. The Morgan fingerprint density at radius 2 is 1.57 bits per heavy atom. The number of aromatic nitrogens is 1. The van der Waals surface area contributed by atoms with Crippen molar-refractivity contribution in [3.63, 3.8) is 0 Å². The third-order valence-corrected chi connectivity index (χ3v) is 5.50. The van der Waals surface area contributed by atoms with Crippen LogP contribution in [0.1, 0.15) is 5.56 Å². The van der Waals surface area contributed by atoms with Crippen LogP contribution in [0.4, 0.5) is 0 Å². The number of H-pyrrole nitrogens is 1. The monoisotopic (exact) mass is 287 g/mol. The molecule has 0 fully saturated rings. The van der Waals surface area contributed by atoms with Crippen molar-refractivity contribution in [3.05, 3.63) is 60.2 Å². The number of rotatable bonds is 0. The van der Waals surface area contributed by atoms with E-state index >= 15 is 0 Å². The summed E-state index contributed by atoms with van der Waals surface area (Å²) in [5, 5.41) is 5.48. The van der Waals surface area contributed by atoms with Gasteiger partial charge in [-0.2, -0.15) is 0 Å². The topological polar surface area (TPSA) is 15.8 Å². The first-order chi connectivity index (χ1) is 10.3. The highest BCUT2D eigenvalue weighted by Crippen LogP contribution is 2.42. The van der Waals surface area contributed by atoms with Crippen LogP contribution in [0, 0.1) is 6.92 Å². The van der Waals surface area contributed by atoms with E-state index < -0.39 is 0 Å². The van der Waals surface area contributed by atoms with Gasteiger partial charge in [0.05, 0.1) is 0 Å². The Balaban J connectivity index is 2.17. The molecule has 3 aromatic carbocycles. The Labute approximate surface area is 125 Å². The number of para-hydroxylation sites is 1. The average molecular weight is 287 g/mol. The largest absolute Gasteiger partial charge is 0.354 e. The number of nitrogens with one attached hydrogen (secondary N) is 1. The number of thiophene rings is 1. The van der Waals surface area contributed by atoms with Crippen LogP contribution in [0.25, 0.3) is 42.0 Å². The molecule has 0 spiro atoms. The maximum Gasteiger partial charge on any atom is 0.0482 e. The number of aryl methyl sites for hydroxylation is 1. The molecule has 0 aliphatic rings. The predicted octanol–water partition coefficient (Wildman–Crippen LogP) is 6.00. The van der Waals surface area contributed by atoms with Crippen molar-refractivity contribution >= 4 is 53.3 Å². The van der Waals surface area contributed by atoms with Gasteiger partial charge < -0.3 is 4.98 Å². The standard InChI is InChI=1S/C19H13NS/c1-11-10-15-18(12-6-2-4-8-14(12)20-15)19-17(11)13-7-3-5-9-16(13)21-19/h2-10,20H,1H3. The summed E-state index contributed by atoms with van der Waals surface area (Å²) >= 11 is 1.90. The van der Waals surface area contributed by atoms with Crippen LogP contribution in [0.15, 0.2) is 54.6 Å². The lowest BCUT2D eigenvalue weighted by Crippen LogP contribution is -1.76. The average Bonchev–Trinajstić information content (AvgIpc) is 3.04. The van der Waals surface area contributed by atoms with Crippen LogP contribution >= 0.6 is 11.3 Å². The van der Waals surface area contributed by atoms with Crippen LogP contribution in [0.5, 0.6) is 0 Å². The van der Waals surface area contributed by atoms with E-state index in [2.05, 4.69) is 66.5 Å². The van der Waals surface area contributed by atoms with Gasteiger partial charge in [-0.1, -0.05) is 36.4 Å².